The molecule has 1 fully saturated rings. The number of anilines is 1. The third kappa shape index (κ3) is 3.57. The molecule has 1 aliphatic carbocycles. The number of rotatable bonds is 6. The summed E-state index contributed by atoms with van der Waals surface area (Å²) in [6.45, 7) is 3.03. The molecule has 2 aromatic rings. The van der Waals surface area contributed by atoms with Gasteiger partial charge in [-0.3, -0.25) is 4.79 Å². The van der Waals surface area contributed by atoms with Crippen molar-refractivity contribution in [1.82, 2.24) is 20.0 Å². The number of nitrogens with one attached hydrogen (secondary N) is 1. The molecule has 0 spiro atoms. The summed E-state index contributed by atoms with van der Waals surface area (Å²) in [7, 11) is 1.62. The van der Waals surface area contributed by atoms with Gasteiger partial charge in [0.05, 0.1) is 13.2 Å². The van der Waals surface area contributed by atoms with Gasteiger partial charge in [0.2, 0.25) is 5.88 Å². The number of hydrogen-bond acceptors (Lipinski definition) is 7. The zero-order chi connectivity index (χ0) is 14.8. The molecule has 2 aromatic heterocycles. The fourth-order valence-electron chi connectivity index (χ4n) is 1.85. The van der Waals surface area contributed by atoms with Crippen LogP contribution in [0.4, 0.5) is 5.69 Å². The van der Waals surface area contributed by atoms with Crippen molar-refractivity contribution < 1.29 is 4.74 Å². The van der Waals surface area contributed by atoms with Crippen molar-refractivity contribution in [2.75, 3.05) is 11.9 Å². The first-order chi connectivity index (χ1) is 10.1. The molecule has 0 saturated heterocycles. The molecule has 7 nitrogen and oxygen atoms in total. The van der Waals surface area contributed by atoms with Crippen molar-refractivity contribution in [2.45, 2.75) is 26.3 Å². The first kappa shape index (κ1) is 14.0. The molecule has 3 rings (SSSR count). The van der Waals surface area contributed by atoms with Crippen LogP contribution in [-0.2, 0) is 13.6 Å². The lowest BCUT2D eigenvalue weighted by Crippen LogP contribution is -2.24. The Hall–Kier alpha value is -1.96. The highest BCUT2D eigenvalue weighted by molar-refractivity contribution is 7.11. The van der Waals surface area contributed by atoms with Crippen molar-refractivity contribution in [3.63, 3.8) is 0 Å². The van der Waals surface area contributed by atoms with E-state index < -0.39 is 0 Å². The quantitative estimate of drug-likeness (QED) is 0.867. The fraction of sp³-hybridized carbons (Fsp3) is 0.538. The van der Waals surface area contributed by atoms with Crippen molar-refractivity contribution in [2.24, 2.45) is 13.0 Å². The molecule has 0 amide bonds. The highest BCUT2D eigenvalue weighted by Crippen LogP contribution is 2.29. The average molecular weight is 307 g/mol. The number of hydrogen-bond donors (Lipinski definition) is 1. The largest absolute Gasteiger partial charge is 0.476 e. The van der Waals surface area contributed by atoms with Crippen LogP contribution < -0.4 is 15.6 Å². The topological polar surface area (TPSA) is 81.9 Å². The van der Waals surface area contributed by atoms with Gasteiger partial charge in [0.15, 0.2) is 0 Å². The Balaban J connectivity index is 1.71. The second-order valence-corrected chi connectivity index (χ2v) is 6.41. The summed E-state index contributed by atoms with van der Waals surface area (Å²) >= 11 is 1.50. The standard InChI is InChI=1S/C13H17N5O2S/c1-8-15-16-12(21-8)6-14-10-5-11(17-18(2)13(10)19)20-7-9-3-4-9/h5,9,14H,3-4,6-7H2,1-2H3. The lowest BCUT2D eigenvalue weighted by Gasteiger charge is -2.09. The fourth-order valence-corrected chi connectivity index (χ4v) is 2.49. The smallest absolute Gasteiger partial charge is 0.290 e. The second-order valence-electron chi connectivity index (χ2n) is 5.15. The number of ether oxygens (including phenoxy) is 1. The molecule has 0 radical (unpaired) electrons. The molecule has 1 saturated carbocycles. The Labute approximate surface area is 126 Å². The van der Waals surface area contributed by atoms with Gasteiger partial charge < -0.3 is 10.1 Å². The van der Waals surface area contributed by atoms with E-state index in [0.29, 0.717) is 30.6 Å². The van der Waals surface area contributed by atoms with E-state index in [0.717, 1.165) is 10.0 Å². The Bertz CT molecular complexity index is 692. The van der Waals surface area contributed by atoms with Gasteiger partial charge in [-0.15, -0.1) is 15.3 Å². The third-order valence-corrected chi connectivity index (χ3v) is 4.04. The van der Waals surface area contributed by atoms with Crippen LogP contribution in [-0.4, -0.2) is 26.6 Å². The zero-order valence-electron chi connectivity index (χ0n) is 12.0. The predicted molar refractivity (Wildman–Crippen MR) is 79.7 cm³/mol. The van der Waals surface area contributed by atoms with Gasteiger partial charge in [0, 0.05) is 13.1 Å². The van der Waals surface area contributed by atoms with Crippen LogP contribution in [0.1, 0.15) is 22.9 Å². The maximum absolute atomic E-state index is 12.0. The summed E-state index contributed by atoms with van der Waals surface area (Å²) in [5.41, 5.74) is 0.279. The van der Waals surface area contributed by atoms with Gasteiger partial charge in [-0.05, 0) is 25.7 Å². The van der Waals surface area contributed by atoms with Crippen LogP contribution in [0.25, 0.3) is 0 Å². The van der Waals surface area contributed by atoms with E-state index in [1.807, 2.05) is 6.92 Å². The first-order valence-electron chi connectivity index (χ1n) is 6.86. The van der Waals surface area contributed by atoms with Crippen molar-refractivity contribution >= 4 is 17.0 Å². The normalized spacial score (nSPS) is 14.2. The Kier molecular flexibility index (Phi) is 3.87. The Morgan fingerprint density at radius 2 is 2.29 bits per heavy atom. The minimum absolute atomic E-state index is 0.185. The monoisotopic (exact) mass is 307 g/mol. The Morgan fingerprint density at radius 3 is 2.95 bits per heavy atom. The zero-order valence-corrected chi connectivity index (χ0v) is 12.8. The van der Waals surface area contributed by atoms with E-state index in [2.05, 4.69) is 20.6 Å². The van der Waals surface area contributed by atoms with E-state index in [1.165, 1.54) is 28.9 Å². The highest BCUT2D eigenvalue weighted by Gasteiger charge is 2.22. The van der Waals surface area contributed by atoms with Crippen LogP contribution in [0.5, 0.6) is 5.88 Å². The van der Waals surface area contributed by atoms with Crippen molar-refractivity contribution in [3.8, 4) is 5.88 Å². The van der Waals surface area contributed by atoms with Gasteiger partial charge in [0.1, 0.15) is 15.7 Å². The van der Waals surface area contributed by atoms with Crippen LogP contribution in [0.15, 0.2) is 10.9 Å². The SMILES string of the molecule is Cc1nnc(CNc2cc(OCC3CC3)nn(C)c2=O)s1. The molecule has 1 N–H and O–H groups in total. The molecule has 0 bridgehead atoms. The van der Waals surface area contributed by atoms with Gasteiger partial charge in [-0.2, -0.15) is 0 Å². The molecule has 0 atom stereocenters. The average Bonchev–Trinajstić information content (AvgIpc) is 3.20. The lowest BCUT2D eigenvalue weighted by molar-refractivity contribution is 0.281. The molecule has 0 aliphatic heterocycles. The summed E-state index contributed by atoms with van der Waals surface area (Å²) in [5, 5.41) is 16.9. The third-order valence-electron chi connectivity index (χ3n) is 3.20. The first-order valence-corrected chi connectivity index (χ1v) is 7.67. The number of nitrogens with zero attached hydrogens (tertiary/aromatic N) is 4. The molecule has 0 unspecified atom stereocenters. The van der Waals surface area contributed by atoms with Gasteiger partial charge in [0.25, 0.3) is 5.56 Å². The molecule has 112 valence electrons. The minimum Gasteiger partial charge on any atom is -0.476 e. The summed E-state index contributed by atoms with van der Waals surface area (Å²) in [4.78, 5) is 12.0. The second kappa shape index (κ2) is 5.80. The number of aromatic nitrogens is 4. The van der Waals surface area contributed by atoms with Crippen LogP contribution >= 0.6 is 11.3 Å². The summed E-state index contributed by atoms with van der Waals surface area (Å²) in [6.07, 6.45) is 2.43. The molecular weight excluding hydrogens is 290 g/mol. The summed E-state index contributed by atoms with van der Waals surface area (Å²) in [5.74, 6) is 1.12. The molecule has 21 heavy (non-hydrogen) atoms. The van der Waals surface area contributed by atoms with Crippen LogP contribution in [0, 0.1) is 12.8 Å². The maximum Gasteiger partial charge on any atom is 0.290 e. The molecule has 1 aliphatic rings. The highest BCUT2D eigenvalue weighted by atomic mass is 32.1. The van der Waals surface area contributed by atoms with E-state index in [4.69, 9.17) is 4.74 Å². The van der Waals surface area contributed by atoms with Crippen molar-refractivity contribution in [3.05, 3.63) is 26.4 Å². The van der Waals surface area contributed by atoms with Crippen LogP contribution in [0.2, 0.25) is 0 Å². The predicted octanol–water partition coefficient (Wildman–Crippen LogP) is 1.34. The minimum atomic E-state index is -0.185. The molecule has 8 heteroatoms. The molecule has 2 heterocycles. The van der Waals surface area contributed by atoms with Gasteiger partial charge in [-0.25, -0.2) is 4.68 Å². The van der Waals surface area contributed by atoms with E-state index in [9.17, 15) is 4.79 Å². The van der Waals surface area contributed by atoms with Gasteiger partial charge >= 0.3 is 0 Å². The lowest BCUT2D eigenvalue weighted by atomic mass is 10.4. The van der Waals surface area contributed by atoms with E-state index in [-0.39, 0.29) is 5.56 Å². The summed E-state index contributed by atoms with van der Waals surface area (Å²) < 4.78 is 6.91. The van der Waals surface area contributed by atoms with Gasteiger partial charge in [-0.1, -0.05) is 11.3 Å². The number of aryl methyl sites for hydroxylation is 2. The maximum atomic E-state index is 12.0. The molecule has 0 aromatic carbocycles. The van der Waals surface area contributed by atoms with E-state index in [1.54, 1.807) is 13.1 Å². The van der Waals surface area contributed by atoms with E-state index >= 15 is 0 Å². The van der Waals surface area contributed by atoms with Crippen LogP contribution in [0.3, 0.4) is 0 Å². The summed E-state index contributed by atoms with van der Waals surface area (Å²) in [6, 6.07) is 1.65. The Morgan fingerprint density at radius 1 is 1.48 bits per heavy atom. The van der Waals surface area contributed by atoms with Crippen molar-refractivity contribution in [1.29, 1.82) is 0 Å². The molecular formula is C13H17N5O2S.